The van der Waals surface area contributed by atoms with Crippen molar-refractivity contribution in [1.29, 1.82) is 0 Å². The first kappa shape index (κ1) is 19.8. The quantitative estimate of drug-likeness (QED) is 0.814. The molecule has 26 heavy (non-hydrogen) atoms. The molecule has 1 heterocycles. The van der Waals surface area contributed by atoms with Gasteiger partial charge in [-0.1, -0.05) is 30.3 Å². The summed E-state index contributed by atoms with van der Waals surface area (Å²) in [6.07, 6.45) is 0.821. The molecule has 0 aromatic heterocycles. The number of alkyl carbamates (subject to hydrolysis) is 1. The van der Waals surface area contributed by atoms with Crippen molar-refractivity contribution in [3.05, 3.63) is 35.9 Å². The molecule has 1 aliphatic rings. The van der Waals surface area contributed by atoms with Crippen molar-refractivity contribution in [3.8, 4) is 0 Å². The first-order chi connectivity index (χ1) is 12.3. The van der Waals surface area contributed by atoms with Gasteiger partial charge in [0, 0.05) is 6.54 Å². The predicted molar refractivity (Wildman–Crippen MR) is 95.6 cm³/mol. The second kappa shape index (κ2) is 8.69. The van der Waals surface area contributed by atoms with Crippen molar-refractivity contribution in [2.24, 2.45) is 0 Å². The summed E-state index contributed by atoms with van der Waals surface area (Å²) in [5.74, 6) is 0. The number of likely N-dealkylation sites (tertiary alicyclic amines) is 1. The third kappa shape index (κ3) is 5.75. The summed E-state index contributed by atoms with van der Waals surface area (Å²) in [5, 5.41) is 2.55. The highest BCUT2D eigenvalue weighted by Crippen LogP contribution is 2.22. The summed E-state index contributed by atoms with van der Waals surface area (Å²) in [6.45, 7) is 5.95. The predicted octanol–water partition coefficient (Wildman–Crippen LogP) is 2.88. The Morgan fingerprint density at radius 3 is 2.62 bits per heavy atom. The van der Waals surface area contributed by atoms with Crippen LogP contribution in [-0.2, 0) is 20.9 Å². The topological polar surface area (TPSA) is 84.9 Å². The number of rotatable bonds is 5. The van der Waals surface area contributed by atoms with Crippen LogP contribution in [-0.4, -0.2) is 47.6 Å². The minimum absolute atomic E-state index is 0.110. The third-order valence-corrected chi connectivity index (χ3v) is 3.99. The molecule has 2 rings (SSSR count). The van der Waals surface area contributed by atoms with Gasteiger partial charge < -0.3 is 24.5 Å². The fraction of sp³-hybridized carbons (Fsp3) is 0.526. The molecule has 1 aromatic rings. The summed E-state index contributed by atoms with van der Waals surface area (Å²) in [4.78, 5) is 37.4. The van der Waals surface area contributed by atoms with E-state index in [9.17, 15) is 14.4 Å². The first-order valence-corrected chi connectivity index (χ1v) is 8.72. The molecule has 2 amide bonds. The summed E-state index contributed by atoms with van der Waals surface area (Å²) in [6, 6.07) is 7.97. The van der Waals surface area contributed by atoms with Gasteiger partial charge in [0.15, 0.2) is 0 Å². The number of ether oxygens (including phenoxy) is 2. The molecule has 1 N–H and O–H groups in total. The molecule has 1 aliphatic heterocycles. The highest BCUT2D eigenvalue weighted by atomic mass is 16.6. The molecule has 2 unspecified atom stereocenters. The number of hydrogen-bond donors (Lipinski definition) is 1. The Hall–Kier alpha value is -2.57. The molecule has 0 spiro atoms. The smallest absolute Gasteiger partial charge is 0.410 e. The Kier molecular flexibility index (Phi) is 6.60. The van der Waals surface area contributed by atoms with E-state index in [1.54, 1.807) is 20.8 Å². The molecule has 1 fully saturated rings. The van der Waals surface area contributed by atoms with E-state index in [2.05, 4.69) is 5.32 Å². The lowest BCUT2D eigenvalue weighted by Crippen LogP contribution is -2.52. The molecule has 1 saturated heterocycles. The number of hydrogen-bond acceptors (Lipinski definition) is 5. The van der Waals surface area contributed by atoms with E-state index in [1.165, 1.54) is 4.90 Å². The normalized spacial score (nSPS) is 18.1. The van der Waals surface area contributed by atoms with Gasteiger partial charge >= 0.3 is 12.2 Å². The second-order valence-electron chi connectivity index (χ2n) is 7.25. The van der Waals surface area contributed by atoms with Crippen LogP contribution >= 0.6 is 0 Å². The number of carbonyl (C=O) groups is 3. The minimum atomic E-state index is -0.840. The van der Waals surface area contributed by atoms with Gasteiger partial charge in [0.2, 0.25) is 0 Å². The van der Waals surface area contributed by atoms with E-state index < -0.39 is 29.9 Å². The lowest BCUT2D eigenvalue weighted by molar-refractivity contribution is -0.110. The lowest BCUT2D eigenvalue weighted by atomic mass is 10.1. The zero-order valence-corrected chi connectivity index (χ0v) is 15.4. The second-order valence-corrected chi connectivity index (χ2v) is 7.25. The number of nitrogens with zero attached hydrogens (tertiary/aromatic N) is 1. The summed E-state index contributed by atoms with van der Waals surface area (Å²) in [5.41, 5.74) is 0.227. The largest absolute Gasteiger partial charge is 0.445 e. The molecular weight excluding hydrogens is 336 g/mol. The fourth-order valence-electron chi connectivity index (χ4n) is 2.83. The summed E-state index contributed by atoms with van der Waals surface area (Å²) in [7, 11) is 0. The van der Waals surface area contributed by atoms with Crippen LogP contribution in [0.15, 0.2) is 30.3 Å². The van der Waals surface area contributed by atoms with Crippen LogP contribution in [0.3, 0.4) is 0 Å². The molecule has 7 nitrogen and oxygen atoms in total. The Balaban J connectivity index is 1.92. The average Bonchev–Trinajstić information content (AvgIpc) is 3.07. The number of amides is 2. The van der Waals surface area contributed by atoms with Gasteiger partial charge in [0.05, 0.1) is 6.04 Å². The van der Waals surface area contributed by atoms with Crippen LogP contribution in [0, 0.1) is 0 Å². The van der Waals surface area contributed by atoms with Crippen LogP contribution < -0.4 is 5.32 Å². The van der Waals surface area contributed by atoms with Crippen LogP contribution in [0.1, 0.15) is 39.2 Å². The SMILES string of the molecule is CC(C)(C)OC(=O)N1CCCC1C(C=O)NC(=O)OCc1ccccc1. The molecule has 142 valence electrons. The molecule has 2 atom stereocenters. The highest BCUT2D eigenvalue weighted by Gasteiger charge is 2.37. The third-order valence-electron chi connectivity index (χ3n) is 3.99. The van der Waals surface area contributed by atoms with E-state index in [-0.39, 0.29) is 6.61 Å². The van der Waals surface area contributed by atoms with Crippen molar-refractivity contribution in [3.63, 3.8) is 0 Å². The summed E-state index contributed by atoms with van der Waals surface area (Å²) < 4.78 is 10.5. The Labute approximate surface area is 153 Å². The Morgan fingerprint density at radius 2 is 2.00 bits per heavy atom. The fourth-order valence-corrected chi connectivity index (χ4v) is 2.83. The van der Waals surface area contributed by atoms with E-state index >= 15 is 0 Å². The molecule has 7 heteroatoms. The standard InChI is InChI=1S/C19H26N2O5/c1-19(2,3)26-18(24)21-11-7-10-16(21)15(12-22)20-17(23)25-13-14-8-5-4-6-9-14/h4-6,8-9,12,15-16H,7,10-11,13H2,1-3H3,(H,20,23). The van der Waals surface area contributed by atoms with Crippen LogP contribution in [0.5, 0.6) is 0 Å². The van der Waals surface area contributed by atoms with Gasteiger partial charge in [0.1, 0.15) is 24.5 Å². The van der Waals surface area contributed by atoms with Gasteiger partial charge in [0.25, 0.3) is 0 Å². The maximum Gasteiger partial charge on any atom is 0.410 e. The van der Waals surface area contributed by atoms with Gasteiger partial charge in [-0.25, -0.2) is 9.59 Å². The Morgan fingerprint density at radius 1 is 1.31 bits per heavy atom. The van der Waals surface area contributed by atoms with Crippen molar-refractivity contribution in [1.82, 2.24) is 10.2 Å². The highest BCUT2D eigenvalue weighted by molar-refractivity contribution is 5.75. The van der Waals surface area contributed by atoms with Crippen molar-refractivity contribution in [2.45, 2.75) is 57.9 Å². The van der Waals surface area contributed by atoms with Gasteiger partial charge in [-0.2, -0.15) is 0 Å². The minimum Gasteiger partial charge on any atom is -0.445 e. The molecule has 0 saturated carbocycles. The molecule has 1 aromatic carbocycles. The Bertz CT molecular complexity index is 627. The van der Waals surface area contributed by atoms with Gasteiger partial charge in [-0.05, 0) is 39.2 Å². The summed E-state index contributed by atoms with van der Waals surface area (Å²) >= 11 is 0. The maximum absolute atomic E-state index is 12.3. The van der Waals surface area contributed by atoms with E-state index in [1.807, 2.05) is 30.3 Å². The first-order valence-electron chi connectivity index (χ1n) is 8.72. The van der Waals surface area contributed by atoms with E-state index in [0.717, 1.165) is 12.0 Å². The van der Waals surface area contributed by atoms with E-state index in [4.69, 9.17) is 9.47 Å². The number of carbonyl (C=O) groups excluding carboxylic acids is 3. The monoisotopic (exact) mass is 362 g/mol. The number of nitrogens with one attached hydrogen (secondary N) is 1. The zero-order valence-electron chi connectivity index (χ0n) is 15.4. The van der Waals surface area contributed by atoms with Crippen molar-refractivity contribution in [2.75, 3.05) is 6.54 Å². The van der Waals surface area contributed by atoms with Crippen LogP contribution in [0.25, 0.3) is 0 Å². The van der Waals surface area contributed by atoms with Crippen LogP contribution in [0.2, 0.25) is 0 Å². The molecular formula is C19H26N2O5. The van der Waals surface area contributed by atoms with Crippen molar-refractivity contribution >= 4 is 18.5 Å². The molecule has 0 aliphatic carbocycles. The molecule has 0 bridgehead atoms. The molecule has 0 radical (unpaired) electrons. The lowest BCUT2D eigenvalue weighted by Gasteiger charge is -2.31. The van der Waals surface area contributed by atoms with Crippen molar-refractivity contribution < 1.29 is 23.9 Å². The van der Waals surface area contributed by atoms with E-state index in [0.29, 0.717) is 19.3 Å². The van der Waals surface area contributed by atoms with Gasteiger partial charge in [-0.3, -0.25) is 0 Å². The average molecular weight is 362 g/mol. The van der Waals surface area contributed by atoms with Crippen LogP contribution in [0.4, 0.5) is 9.59 Å². The number of benzene rings is 1. The zero-order chi connectivity index (χ0) is 19.2. The van der Waals surface area contributed by atoms with Gasteiger partial charge in [-0.15, -0.1) is 0 Å². The number of aldehydes is 1. The maximum atomic E-state index is 12.3.